The van der Waals surface area contributed by atoms with Gasteiger partial charge in [-0.05, 0) is 79.0 Å². The molecule has 1 saturated heterocycles. The van der Waals surface area contributed by atoms with Gasteiger partial charge in [0.2, 0.25) is 0 Å². The Morgan fingerprint density at radius 2 is 1.77 bits per heavy atom. The first-order valence-corrected chi connectivity index (χ1v) is 15.2. The quantitative estimate of drug-likeness (QED) is 0.204. The number of rotatable bonds is 13. The lowest BCUT2D eigenvalue weighted by Crippen LogP contribution is -2.35. The summed E-state index contributed by atoms with van der Waals surface area (Å²) in [6, 6.07) is 12.1. The number of aromatic nitrogens is 1. The zero-order valence-corrected chi connectivity index (χ0v) is 25.1. The lowest BCUT2D eigenvalue weighted by atomic mass is 9.92. The third kappa shape index (κ3) is 9.01. The van der Waals surface area contributed by atoms with Crippen LogP contribution in [0.3, 0.4) is 0 Å². The van der Waals surface area contributed by atoms with Crippen LogP contribution in [0.1, 0.15) is 58.6 Å². The van der Waals surface area contributed by atoms with E-state index in [-0.39, 0.29) is 24.2 Å². The number of pyridine rings is 1. The molecule has 0 amide bonds. The van der Waals surface area contributed by atoms with Gasteiger partial charge in [0.1, 0.15) is 0 Å². The smallest absolute Gasteiger partial charge is 0.387 e. The van der Waals surface area contributed by atoms with E-state index >= 15 is 0 Å². The molecule has 11 heteroatoms. The number of alkyl halides is 2. The number of esters is 1. The number of hydrogen-bond donors (Lipinski definition) is 1. The topological polar surface area (TPSA) is 81.1 Å². The highest BCUT2D eigenvalue weighted by atomic mass is 35.5. The average Bonchev–Trinajstić information content (AvgIpc) is 3.82. The van der Waals surface area contributed by atoms with Crippen LogP contribution in [0.15, 0.2) is 54.9 Å². The van der Waals surface area contributed by atoms with Crippen LogP contribution >= 0.6 is 23.2 Å². The number of hydrogen-bond acceptors (Lipinski definition) is 7. The third-order valence-electron chi connectivity index (χ3n) is 7.77. The number of likely N-dealkylation sites (tertiary alicyclic amines) is 1. The van der Waals surface area contributed by atoms with Crippen LogP contribution in [0.2, 0.25) is 10.0 Å². The SMILES string of the molecule is O=C(OC[C@@H](Cc1c(Cl)cncc1Cl)c1ccc(OC(F)F)c(OCC2CC2)c1)c1cccc(CN2CCC(O)CC2)c1. The van der Waals surface area contributed by atoms with Crippen LogP contribution in [0.5, 0.6) is 11.5 Å². The summed E-state index contributed by atoms with van der Waals surface area (Å²) in [4.78, 5) is 19.5. The number of aliphatic hydroxyl groups is 1. The molecule has 2 aromatic carbocycles. The Bertz CT molecular complexity index is 1380. The molecule has 7 nitrogen and oxygen atoms in total. The molecular formula is C32H34Cl2F2N2O5. The molecule has 1 atom stereocenters. The van der Waals surface area contributed by atoms with Crippen LogP contribution in [0, 0.1) is 5.92 Å². The Labute approximate surface area is 259 Å². The second-order valence-electron chi connectivity index (χ2n) is 11.1. The minimum atomic E-state index is -3.00. The molecule has 0 spiro atoms. The highest BCUT2D eigenvalue weighted by Crippen LogP contribution is 2.37. The van der Waals surface area contributed by atoms with Crippen molar-refractivity contribution in [2.45, 2.75) is 57.3 Å². The Balaban J connectivity index is 1.34. The van der Waals surface area contributed by atoms with Gasteiger partial charge in [-0.2, -0.15) is 8.78 Å². The van der Waals surface area contributed by atoms with Crippen LogP contribution < -0.4 is 9.47 Å². The first kappa shape index (κ1) is 31.4. The minimum absolute atomic E-state index is 0.0286. The molecule has 230 valence electrons. The lowest BCUT2D eigenvalue weighted by molar-refractivity contribution is -0.0515. The predicted octanol–water partition coefficient (Wildman–Crippen LogP) is 6.92. The van der Waals surface area contributed by atoms with E-state index in [0.29, 0.717) is 52.2 Å². The summed E-state index contributed by atoms with van der Waals surface area (Å²) in [6.07, 6.45) is 6.56. The van der Waals surface area contributed by atoms with Crippen LogP contribution in [-0.4, -0.2) is 60.0 Å². The fraction of sp³-hybridized carbons (Fsp3) is 0.438. The van der Waals surface area contributed by atoms with Crippen molar-refractivity contribution in [3.8, 4) is 11.5 Å². The van der Waals surface area contributed by atoms with Gasteiger partial charge in [-0.15, -0.1) is 0 Å². The number of aliphatic hydroxyl groups excluding tert-OH is 1. The van der Waals surface area contributed by atoms with E-state index in [0.717, 1.165) is 44.3 Å². The highest BCUT2D eigenvalue weighted by Gasteiger charge is 2.25. The van der Waals surface area contributed by atoms with Gasteiger partial charge < -0.3 is 19.3 Å². The molecule has 0 bridgehead atoms. The second kappa shape index (κ2) is 14.7. The van der Waals surface area contributed by atoms with Gasteiger partial charge in [0.15, 0.2) is 11.5 Å². The number of carbonyl (C=O) groups is 1. The molecule has 0 unspecified atom stereocenters. The van der Waals surface area contributed by atoms with Crippen LogP contribution in [-0.2, 0) is 17.7 Å². The molecule has 2 aliphatic rings. The Hall–Kier alpha value is -2.98. The highest BCUT2D eigenvalue weighted by molar-refractivity contribution is 6.35. The molecule has 43 heavy (non-hydrogen) atoms. The van der Waals surface area contributed by atoms with Gasteiger partial charge in [0.25, 0.3) is 0 Å². The number of benzene rings is 2. The Morgan fingerprint density at radius 1 is 1.02 bits per heavy atom. The Kier molecular flexibility index (Phi) is 10.7. The first-order chi connectivity index (χ1) is 20.7. The van der Waals surface area contributed by atoms with Crippen LogP contribution in [0.25, 0.3) is 0 Å². The largest absolute Gasteiger partial charge is 0.489 e. The predicted molar refractivity (Wildman–Crippen MR) is 159 cm³/mol. The van der Waals surface area contributed by atoms with Crippen molar-refractivity contribution in [1.29, 1.82) is 0 Å². The molecule has 0 radical (unpaired) electrons. The minimum Gasteiger partial charge on any atom is -0.489 e. The van der Waals surface area contributed by atoms with E-state index in [4.69, 9.17) is 37.4 Å². The number of piperidine rings is 1. The van der Waals surface area contributed by atoms with E-state index in [1.54, 1.807) is 18.2 Å². The van der Waals surface area contributed by atoms with Gasteiger partial charge >= 0.3 is 12.6 Å². The fourth-order valence-electron chi connectivity index (χ4n) is 5.12. The summed E-state index contributed by atoms with van der Waals surface area (Å²) in [7, 11) is 0. The average molecular weight is 636 g/mol. The van der Waals surface area contributed by atoms with Crippen molar-refractivity contribution >= 4 is 29.2 Å². The van der Waals surface area contributed by atoms with Crippen molar-refractivity contribution in [2.24, 2.45) is 5.92 Å². The maximum Gasteiger partial charge on any atom is 0.387 e. The normalized spacial score (nSPS) is 16.7. The summed E-state index contributed by atoms with van der Waals surface area (Å²) in [5.41, 5.74) is 2.71. The van der Waals surface area contributed by atoms with Crippen molar-refractivity contribution in [3.05, 3.63) is 87.2 Å². The van der Waals surface area contributed by atoms with E-state index in [2.05, 4.69) is 9.88 Å². The third-order valence-corrected chi connectivity index (χ3v) is 8.42. The molecule has 5 rings (SSSR count). The zero-order chi connectivity index (χ0) is 30.3. The molecule has 3 aromatic rings. The molecule has 1 aromatic heterocycles. The van der Waals surface area contributed by atoms with E-state index in [1.807, 2.05) is 18.2 Å². The van der Waals surface area contributed by atoms with Crippen molar-refractivity contribution < 1.29 is 32.9 Å². The number of carbonyl (C=O) groups excluding carboxylic acids is 1. The molecular weight excluding hydrogens is 601 g/mol. The van der Waals surface area contributed by atoms with E-state index in [1.165, 1.54) is 18.5 Å². The molecule has 1 aliphatic heterocycles. The van der Waals surface area contributed by atoms with E-state index < -0.39 is 18.5 Å². The molecule has 1 aliphatic carbocycles. The Morgan fingerprint density at radius 3 is 2.47 bits per heavy atom. The van der Waals surface area contributed by atoms with Crippen molar-refractivity contribution in [2.75, 3.05) is 26.3 Å². The summed E-state index contributed by atoms with van der Waals surface area (Å²) in [6.45, 7) is -0.363. The van der Waals surface area contributed by atoms with Gasteiger partial charge in [0.05, 0.1) is 34.9 Å². The lowest BCUT2D eigenvalue weighted by Gasteiger charge is -2.29. The number of nitrogens with zero attached hydrogens (tertiary/aromatic N) is 2. The maximum atomic E-state index is 13.2. The zero-order valence-electron chi connectivity index (χ0n) is 23.6. The summed E-state index contributed by atoms with van der Waals surface area (Å²) < 4.78 is 42.6. The molecule has 2 fully saturated rings. The molecule has 2 heterocycles. The number of halogens is 4. The van der Waals surface area contributed by atoms with Gasteiger partial charge in [-0.3, -0.25) is 9.88 Å². The number of ether oxygens (including phenoxy) is 3. The van der Waals surface area contributed by atoms with Crippen molar-refractivity contribution in [3.63, 3.8) is 0 Å². The maximum absolute atomic E-state index is 13.2. The monoisotopic (exact) mass is 634 g/mol. The molecule has 1 saturated carbocycles. The standard InChI is InChI=1S/C32H34Cl2F2N2O5/c33-27-15-37-16-28(34)26(27)13-24(22-6-7-29(43-32(35)36)30(14-22)41-18-20-4-5-20)19-42-31(40)23-3-1-2-21(12-23)17-38-10-8-25(39)9-11-38/h1-3,6-7,12,14-16,20,24-25,32,39H,4-5,8-11,13,17-19H2/t24-/m1/s1. The summed E-state index contributed by atoms with van der Waals surface area (Å²) >= 11 is 12.9. The summed E-state index contributed by atoms with van der Waals surface area (Å²) in [5.74, 6) is -0.392. The first-order valence-electron chi connectivity index (χ1n) is 14.4. The van der Waals surface area contributed by atoms with Gasteiger partial charge in [-0.1, -0.05) is 41.4 Å². The second-order valence-corrected chi connectivity index (χ2v) is 11.9. The molecule has 1 N–H and O–H groups in total. The fourth-order valence-corrected chi connectivity index (χ4v) is 5.64. The van der Waals surface area contributed by atoms with E-state index in [9.17, 15) is 18.7 Å². The van der Waals surface area contributed by atoms with Crippen LogP contribution in [0.4, 0.5) is 8.78 Å². The van der Waals surface area contributed by atoms with Gasteiger partial charge in [0, 0.05) is 37.9 Å². The van der Waals surface area contributed by atoms with Gasteiger partial charge in [-0.25, -0.2) is 4.79 Å². The summed E-state index contributed by atoms with van der Waals surface area (Å²) in [5, 5.41) is 10.5. The van der Waals surface area contributed by atoms with Crippen molar-refractivity contribution in [1.82, 2.24) is 9.88 Å².